The summed E-state index contributed by atoms with van der Waals surface area (Å²) in [6.45, 7) is 3.87. The highest BCUT2D eigenvalue weighted by atomic mass is 16.5. The highest BCUT2D eigenvalue weighted by Crippen LogP contribution is 2.28. The lowest BCUT2D eigenvalue weighted by Crippen LogP contribution is -2.08. The number of rotatable bonds is 5. The molecule has 6 nitrogen and oxygen atoms in total. The topological polar surface area (TPSA) is 75.0 Å². The fourth-order valence-electron chi connectivity index (χ4n) is 2.79. The van der Waals surface area contributed by atoms with Gasteiger partial charge in [-0.1, -0.05) is 0 Å². The molecule has 0 radical (unpaired) electrons. The molecule has 0 aliphatic heterocycles. The Balaban J connectivity index is 1.87. The van der Waals surface area contributed by atoms with Crippen LogP contribution in [0, 0.1) is 13.8 Å². The molecule has 0 saturated heterocycles. The van der Waals surface area contributed by atoms with Crippen LogP contribution in [0.1, 0.15) is 27.0 Å². The minimum absolute atomic E-state index is 0.0439. The van der Waals surface area contributed by atoms with E-state index >= 15 is 0 Å². The number of hydrogen-bond donors (Lipinski definition) is 0. The van der Waals surface area contributed by atoms with Crippen LogP contribution in [0.25, 0.3) is 11.0 Å². The summed E-state index contributed by atoms with van der Waals surface area (Å²) < 4.78 is 21.0. The van der Waals surface area contributed by atoms with Crippen molar-refractivity contribution in [1.29, 1.82) is 0 Å². The third-order valence-electron chi connectivity index (χ3n) is 4.42. The van der Waals surface area contributed by atoms with Gasteiger partial charge in [-0.15, -0.1) is 0 Å². The van der Waals surface area contributed by atoms with E-state index in [1.807, 2.05) is 26.0 Å². The Labute approximate surface area is 156 Å². The van der Waals surface area contributed by atoms with Gasteiger partial charge in [0, 0.05) is 17.0 Å². The second-order valence-corrected chi connectivity index (χ2v) is 6.17. The van der Waals surface area contributed by atoms with E-state index in [4.69, 9.17) is 18.6 Å². The first-order valence-electron chi connectivity index (χ1n) is 8.36. The summed E-state index contributed by atoms with van der Waals surface area (Å²) in [6.07, 6.45) is 0. The summed E-state index contributed by atoms with van der Waals surface area (Å²) in [5.74, 6) is 0.427. The van der Waals surface area contributed by atoms with Gasteiger partial charge in [0.1, 0.15) is 12.2 Å². The monoisotopic (exact) mass is 368 g/mol. The average molecular weight is 368 g/mol. The minimum atomic E-state index is -0.527. The highest BCUT2D eigenvalue weighted by molar-refractivity contribution is 5.90. The van der Waals surface area contributed by atoms with Crippen LogP contribution >= 0.6 is 0 Å². The first-order valence-corrected chi connectivity index (χ1v) is 8.36. The van der Waals surface area contributed by atoms with Crippen molar-refractivity contribution in [3.63, 3.8) is 0 Å². The lowest BCUT2D eigenvalue weighted by Gasteiger charge is -2.11. The molecule has 0 N–H and O–H groups in total. The van der Waals surface area contributed by atoms with Gasteiger partial charge in [0.2, 0.25) is 0 Å². The third-order valence-corrected chi connectivity index (χ3v) is 4.42. The lowest BCUT2D eigenvalue weighted by atomic mass is 10.0. The highest BCUT2D eigenvalue weighted by Gasteiger charge is 2.14. The molecule has 0 fully saturated rings. The van der Waals surface area contributed by atoms with Crippen molar-refractivity contribution in [3.8, 4) is 11.5 Å². The van der Waals surface area contributed by atoms with Crippen LogP contribution in [0.3, 0.4) is 0 Å². The van der Waals surface area contributed by atoms with Crippen molar-refractivity contribution in [3.05, 3.63) is 69.1 Å². The first-order chi connectivity index (χ1) is 12.9. The summed E-state index contributed by atoms with van der Waals surface area (Å²) in [6, 6.07) is 9.85. The summed E-state index contributed by atoms with van der Waals surface area (Å²) in [5, 5.41) is 0.748. The Hall–Kier alpha value is -3.28. The predicted molar refractivity (Wildman–Crippen MR) is 101 cm³/mol. The number of aryl methyl sites for hydroxylation is 2. The quantitative estimate of drug-likeness (QED) is 0.504. The average Bonchev–Trinajstić information content (AvgIpc) is 2.66. The zero-order valence-electron chi connectivity index (χ0n) is 15.6. The van der Waals surface area contributed by atoms with Crippen LogP contribution in [-0.4, -0.2) is 20.2 Å². The second kappa shape index (κ2) is 7.53. The maximum atomic E-state index is 12.4. The van der Waals surface area contributed by atoms with E-state index in [0.29, 0.717) is 28.2 Å². The summed E-state index contributed by atoms with van der Waals surface area (Å²) in [7, 11) is 3.01. The van der Waals surface area contributed by atoms with Crippen LogP contribution in [0.15, 0.2) is 45.6 Å². The molecular formula is C21H20O6. The molecule has 0 atom stereocenters. The van der Waals surface area contributed by atoms with E-state index in [9.17, 15) is 9.59 Å². The summed E-state index contributed by atoms with van der Waals surface area (Å²) in [4.78, 5) is 24.2. The van der Waals surface area contributed by atoms with Crippen LogP contribution in [-0.2, 0) is 11.3 Å². The van der Waals surface area contributed by atoms with Gasteiger partial charge in [-0.25, -0.2) is 9.59 Å². The molecule has 0 bridgehead atoms. The largest absolute Gasteiger partial charge is 0.493 e. The van der Waals surface area contributed by atoms with E-state index in [1.165, 1.54) is 20.3 Å². The van der Waals surface area contributed by atoms with Gasteiger partial charge in [0.05, 0.1) is 19.8 Å². The van der Waals surface area contributed by atoms with E-state index in [2.05, 4.69) is 0 Å². The molecule has 1 heterocycles. The SMILES string of the molecule is COc1ccc(C(=O)OCc2cc(=O)oc3cc(C)c(C)cc23)cc1OC. The third kappa shape index (κ3) is 3.79. The Bertz CT molecular complexity index is 1060. The van der Waals surface area contributed by atoms with Crippen molar-refractivity contribution in [2.24, 2.45) is 0 Å². The number of hydrogen-bond acceptors (Lipinski definition) is 6. The van der Waals surface area contributed by atoms with Crippen LogP contribution in [0.4, 0.5) is 0 Å². The van der Waals surface area contributed by atoms with E-state index in [1.54, 1.807) is 18.2 Å². The fraction of sp³-hybridized carbons (Fsp3) is 0.238. The maximum absolute atomic E-state index is 12.4. The molecule has 0 saturated carbocycles. The smallest absolute Gasteiger partial charge is 0.338 e. The zero-order chi connectivity index (χ0) is 19.6. The van der Waals surface area contributed by atoms with Gasteiger partial charge < -0.3 is 18.6 Å². The Morgan fingerprint density at radius 3 is 2.37 bits per heavy atom. The Morgan fingerprint density at radius 1 is 0.963 bits per heavy atom. The Morgan fingerprint density at radius 2 is 1.67 bits per heavy atom. The van der Waals surface area contributed by atoms with E-state index < -0.39 is 11.6 Å². The molecule has 3 rings (SSSR count). The summed E-state index contributed by atoms with van der Waals surface area (Å²) in [5.41, 5.74) is 2.99. The van der Waals surface area contributed by atoms with Crippen molar-refractivity contribution in [2.75, 3.05) is 14.2 Å². The zero-order valence-corrected chi connectivity index (χ0v) is 15.6. The molecule has 0 aliphatic rings. The second-order valence-electron chi connectivity index (χ2n) is 6.17. The van der Waals surface area contributed by atoms with Gasteiger partial charge >= 0.3 is 11.6 Å². The van der Waals surface area contributed by atoms with Crippen LogP contribution in [0.5, 0.6) is 11.5 Å². The van der Waals surface area contributed by atoms with Gasteiger partial charge in [0.15, 0.2) is 11.5 Å². The van der Waals surface area contributed by atoms with Gasteiger partial charge in [-0.3, -0.25) is 0 Å². The van der Waals surface area contributed by atoms with Gasteiger partial charge in [-0.05, 0) is 55.3 Å². The summed E-state index contributed by atoms with van der Waals surface area (Å²) >= 11 is 0. The van der Waals surface area contributed by atoms with Crippen LogP contribution < -0.4 is 15.1 Å². The Kier molecular flexibility index (Phi) is 5.16. The van der Waals surface area contributed by atoms with Crippen molar-refractivity contribution in [2.45, 2.75) is 20.5 Å². The molecule has 0 spiro atoms. The number of esters is 1. The van der Waals surface area contributed by atoms with Gasteiger partial charge in [-0.2, -0.15) is 0 Å². The molecule has 0 amide bonds. The molecule has 6 heteroatoms. The lowest BCUT2D eigenvalue weighted by molar-refractivity contribution is 0.0473. The standard InChI is InChI=1S/C21H20O6/c1-12-7-16-15(10-20(22)27-18(16)8-13(12)2)11-26-21(23)14-5-6-17(24-3)19(9-14)25-4/h5-10H,11H2,1-4H3. The number of benzene rings is 2. The first kappa shape index (κ1) is 18.5. The molecule has 0 unspecified atom stereocenters. The van der Waals surface area contributed by atoms with Crippen molar-refractivity contribution < 1.29 is 23.4 Å². The predicted octanol–water partition coefficient (Wildman–Crippen LogP) is 3.78. The molecule has 2 aromatic carbocycles. The van der Waals surface area contributed by atoms with Crippen molar-refractivity contribution >= 4 is 16.9 Å². The number of fused-ring (bicyclic) bond motifs is 1. The number of carbonyl (C=O) groups is 1. The fourth-order valence-corrected chi connectivity index (χ4v) is 2.79. The number of methoxy groups -OCH3 is 2. The maximum Gasteiger partial charge on any atom is 0.338 e. The molecule has 140 valence electrons. The molecule has 1 aromatic heterocycles. The van der Waals surface area contributed by atoms with E-state index in [0.717, 1.165) is 16.5 Å². The molecule has 0 aliphatic carbocycles. The molecule has 27 heavy (non-hydrogen) atoms. The normalized spacial score (nSPS) is 10.7. The van der Waals surface area contributed by atoms with Crippen molar-refractivity contribution in [1.82, 2.24) is 0 Å². The van der Waals surface area contributed by atoms with Crippen LogP contribution in [0.2, 0.25) is 0 Å². The van der Waals surface area contributed by atoms with Gasteiger partial charge in [0.25, 0.3) is 0 Å². The number of ether oxygens (including phenoxy) is 3. The molecule has 3 aromatic rings. The van der Waals surface area contributed by atoms with E-state index in [-0.39, 0.29) is 6.61 Å². The minimum Gasteiger partial charge on any atom is -0.493 e. The molecular weight excluding hydrogens is 348 g/mol. The number of carbonyl (C=O) groups excluding carboxylic acids is 1.